The summed E-state index contributed by atoms with van der Waals surface area (Å²) < 4.78 is 16.3. The summed E-state index contributed by atoms with van der Waals surface area (Å²) in [6, 6.07) is 11.6. The topological polar surface area (TPSA) is 79.6 Å². The van der Waals surface area contributed by atoms with Gasteiger partial charge in [0.25, 0.3) is 5.91 Å². The van der Waals surface area contributed by atoms with Crippen molar-refractivity contribution in [3.8, 4) is 22.4 Å². The van der Waals surface area contributed by atoms with E-state index >= 15 is 0 Å². The molecule has 0 radical (unpaired) electrons. The number of nitrogens with zero attached hydrogens (tertiary/aromatic N) is 4. The maximum Gasteiger partial charge on any atom is 0.269 e. The summed E-state index contributed by atoms with van der Waals surface area (Å²) in [4.78, 5) is 35.2. The lowest BCUT2D eigenvalue weighted by atomic mass is 10.0. The van der Waals surface area contributed by atoms with Gasteiger partial charge in [-0.25, -0.2) is 9.37 Å². The Morgan fingerprint density at radius 3 is 2.86 bits per heavy atom. The Labute approximate surface area is 206 Å². The van der Waals surface area contributed by atoms with Crippen molar-refractivity contribution in [2.24, 2.45) is 0 Å². The molecular weight excluding hydrogens is 469 g/mol. The van der Waals surface area contributed by atoms with Crippen molar-refractivity contribution in [2.75, 3.05) is 19.6 Å². The van der Waals surface area contributed by atoms with E-state index in [-0.39, 0.29) is 11.8 Å². The molecule has 1 aliphatic heterocycles. The van der Waals surface area contributed by atoms with Gasteiger partial charge in [-0.3, -0.25) is 19.0 Å². The second-order valence-corrected chi connectivity index (χ2v) is 8.84. The van der Waals surface area contributed by atoms with Gasteiger partial charge in [0, 0.05) is 60.2 Å². The molecule has 0 unspecified atom stereocenters. The van der Waals surface area contributed by atoms with Crippen molar-refractivity contribution in [3.63, 3.8) is 0 Å². The maximum absolute atomic E-state index is 14.6. The van der Waals surface area contributed by atoms with Crippen LogP contribution < -0.4 is 5.32 Å². The molecular formula is C26H23ClFN5O2. The molecule has 5 rings (SSSR count). The zero-order valence-corrected chi connectivity index (χ0v) is 19.6. The Hall–Kier alpha value is -3.78. The van der Waals surface area contributed by atoms with Crippen molar-refractivity contribution in [1.29, 1.82) is 0 Å². The number of hydrogen-bond donors (Lipinski definition) is 1. The van der Waals surface area contributed by atoms with Gasteiger partial charge in [-0.05, 0) is 49.2 Å². The van der Waals surface area contributed by atoms with Gasteiger partial charge in [0.15, 0.2) is 0 Å². The molecule has 1 saturated heterocycles. The number of likely N-dealkylation sites (tertiary alicyclic amines) is 1. The number of carbonyl (C=O) groups is 2. The molecule has 0 saturated carbocycles. The molecule has 4 heterocycles. The van der Waals surface area contributed by atoms with E-state index in [0.29, 0.717) is 59.1 Å². The van der Waals surface area contributed by atoms with E-state index in [0.717, 1.165) is 18.5 Å². The first-order chi connectivity index (χ1) is 17.0. The number of benzene rings is 1. The summed E-state index contributed by atoms with van der Waals surface area (Å²) in [5.41, 5.74) is 3.20. The van der Waals surface area contributed by atoms with Gasteiger partial charge in [0.2, 0.25) is 5.91 Å². The third kappa shape index (κ3) is 4.74. The summed E-state index contributed by atoms with van der Waals surface area (Å²) in [5.74, 6) is -0.499. The molecule has 0 spiro atoms. The van der Waals surface area contributed by atoms with Crippen LogP contribution in [-0.2, 0) is 4.79 Å². The van der Waals surface area contributed by atoms with Crippen LogP contribution in [0.4, 0.5) is 4.39 Å². The first-order valence-corrected chi connectivity index (χ1v) is 11.8. The smallest absolute Gasteiger partial charge is 0.269 e. The van der Waals surface area contributed by atoms with Gasteiger partial charge in [-0.2, -0.15) is 0 Å². The highest BCUT2D eigenvalue weighted by atomic mass is 35.5. The lowest BCUT2D eigenvalue weighted by Gasteiger charge is -2.15. The predicted octanol–water partition coefficient (Wildman–Crippen LogP) is 4.60. The first-order valence-electron chi connectivity index (χ1n) is 11.4. The number of rotatable bonds is 7. The number of nitrogens with one attached hydrogen (secondary N) is 1. The molecule has 9 heteroatoms. The fraction of sp³-hybridized carbons (Fsp3) is 0.231. The standard InChI is InChI=1S/C26H23ClFN5O2/c27-18-7-8-21(28)20(14-18)25-19(4-1-10-29-25)17-6-9-23-31-15-22(33(23)16-17)26(35)30-11-3-13-32-12-2-5-24(32)34/h1,4,6-10,14-16H,2-3,5,11-13H2,(H,30,35). The van der Waals surface area contributed by atoms with Crippen LogP contribution in [-0.4, -0.2) is 50.7 Å². The molecule has 1 fully saturated rings. The summed E-state index contributed by atoms with van der Waals surface area (Å²) in [7, 11) is 0. The number of carbonyl (C=O) groups excluding carboxylic acids is 2. The van der Waals surface area contributed by atoms with Crippen LogP contribution in [0.3, 0.4) is 0 Å². The van der Waals surface area contributed by atoms with Crippen LogP contribution in [0, 0.1) is 5.82 Å². The van der Waals surface area contributed by atoms with Gasteiger partial charge in [-0.1, -0.05) is 17.7 Å². The average molecular weight is 492 g/mol. The Morgan fingerprint density at radius 2 is 2.03 bits per heavy atom. The largest absolute Gasteiger partial charge is 0.351 e. The number of halogens is 2. The number of aromatic nitrogens is 3. The Morgan fingerprint density at radius 1 is 1.14 bits per heavy atom. The molecule has 178 valence electrons. The highest BCUT2D eigenvalue weighted by Crippen LogP contribution is 2.33. The van der Waals surface area contributed by atoms with E-state index in [1.807, 2.05) is 17.0 Å². The van der Waals surface area contributed by atoms with Crippen LogP contribution >= 0.6 is 11.6 Å². The van der Waals surface area contributed by atoms with E-state index < -0.39 is 5.82 Å². The molecule has 2 amide bonds. The van der Waals surface area contributed by atoms with Crippen LogP contribution in [0.15, 0.2) is 61.1 Å². The molecule has 0 aliphatic carbocycles. The zero-order chi connectivity index (χ0) is 24.4. The molecule has 35 heavy (non-hydrogen) atoms. The number of amides is 2. The SMILES string of the molecule is O=C(NCCCN1CCCC1=O)c1cnc2ccc(-c3cccnc3-c3cc(Cl)ccc3F)cn12. The van der Waals surface area contributed by atoms with Crippen molar-refractivity contribution >= 4 is 29.1 Å². The molecule has 1 aliphatic rings. The van der Waals surface area contributed by atoms with E-state index in [2.05, 4.69) is 15.3 Å². The van der Waals surface area contributed by atoms with E-state index in [4.69, 9.17) is 11.6 Å². The number of imidazole rings is 1. The molecule has 1 N–H and O–H groups in total. The average Bonchev–Trinajstić information content (AvgIpc) is 3.48. The molecule has 4 aromatic rings. The minimum atomic E-state index is -0.422. The minimum Gasteiger partial charge on any atom is -0.351 e. The lowest BCUT2D eigenvalue weighted by Crippen LogP contribution is -2.31. The van der Waals surface area contributed by atoms with Gasteiger partial charge in [0.1, 0.15) is 17.2 Å². The second kappa shape index (κ2) is 9.84. The number of pyridine rings is 2. The summed E-state index contributed by atoms with van der Waals surface area (Å²) in [5, 5.41) is 3.32. The minimum absolute atomic E-state index is 0.179. The van der Waals surface area contributed by atoms with Crippen LogP contribution in [0.5, 0.6) is 0 Å². The third-order valence-electron chi connectivity index (χ3n) is 6.10. The van der Waals surface area contributed by atoms with Gasteiger partial charge >= 0.3 is 0 Å². The van der Waals surface area contributed by atoms with Crippen molar-refractivity contribution < 1.29 is 14.0 Å². The fourth-order valence-electron chi connectivity index (χ4n) is 4.34. The molecule has 0 atom stereocenters. The van der Waals surface area contributed by atoms with Crippen molar-refractivity contribution in [3.05, 3.63) is 77.6 Å². The quantitative estimate of drug-likeness (QED) is 0.383. The molecule has 7 nitrogen and oxygen atoms in total. The Kier molecular flexibility index (Phi) is 6.46. The van der Waals surface area contributed by atoms with Crippen LogP contribution in [0.1, 0.15) is 29.8 Å². The maximum atomic E-state index is 14.6. The monoisotopic (exact) mass is 491 g/mol. The molecule has 1 aromatic carbocycles. The van der Waals surface area contributed by atoms with E-state index in [9.17, 15) is 14.0 Å². The predicted molar refractivity (Wildman–Crippen MR) is 132 cm³/mol. The van der Waals surface area contributed by atoms with Crippen molar-refractivity contribution in [2.45, 2.75) is 19.3 Å². The summed E-state index contributed by atoms with van der Waals surface area (Å²) in [6.45, 7) is 1.88. The molecule has 3 aromatic heterocycles. The Bertz CT molecular complexity index is 1420. The second-order valence-electron chi connectivity index (χ2n) is 8.41. The summed E-state index contributed by atoms with van der Waals surface area (Å²) in [6.07, 6.45) is 7.12. The Balaban J connectivity index is 1.39. The number of hydrogen-bond acceptors (Lipinski definition) is 4. The van der Waals surface area contributed by atoms with Gasteiger partial charge < -0.3 is 10.2 Å². The molecule has 0 bridgehead atoms. The highest BCUT2D eigenvalue weighted by Gasteiger charge is 2.20. The third-order valence-corrected chi connectivity index (χ3v) is 6.34. The van der Waals surface area contributed by atoms with Gasteiger partial charge in [-0.15, -0.1) is 0 Å². The van der Waals surface area contributed by atoms with E-state index in [1.54, 1.807) is 35.0 Å². The zero-order valence-electron chi connectivity index (χ0n) is 18.9. The lowest BCUT2D eigenvalue weighted by molar-refractivity contribution is -0.127. The van der Waals surface area contributed by atoms with Crippen LogP contribution in [0.2, 0.25) is 5.02 Å². The van der Waals surface area contributed by atoms with Gasteiger partial charge in [0.05, 0.1) is 11.9 Å². The number of fused-ring (bicyclic) bond motifs is 1. The highest BCUT2D eigenvalue weighted by molar-refractivity contribution is 6.30. The first kappa shape index (κ1) is 23.0. The normalized spacial score (nSPS) is 13.5. The van der Waals surface area contributed by atoms with Crippen molar-refractivity contribution in [1.82, 2.24) is 24.6 Å². The summed E-state index contributed by atoms with van der Waals surface area (Å²) >= 11 is 6.11. The van der Waals surface area contributed by atoms with Crippen LogP contribution in [0.25, 0.3) is 28.0 Å². The fourth-order valence-corrected chi connectivity index (χ4v) is 4.51. The van der Waals surface area contributed by atoms with E-state index in [1.165, 1.54) is 18.3 Å².